The highest BCUT2D eigenvalue weighted by atomic mass is 19.1. The van der Waals surface area contributed by atoms with E-state index >= 15 is 0 Å². The topological polar surface area (TPSA) is 55.6 Å². The second-order valence-corrected chi connectivity index (χ2v) is 5.87. The molecule has 4 rings (SSSR count). The van der Waals surface area contributed by atoms with E-state index in [4.69, 9.17) is 0 Å². The third-order valence-electron chi connectivity index (χ3n) is 4.33. The van der Waals surface area contributed by atoms with E-state index in [9.17, 15) is 4.39 Å². The van der Waals surface area contributed by atoms with E-state index < -0.39 is 0 Å². The molecule has 0 fully saturated rings. The van der Waals surface area contributed by atoms with E-state index in [2.05, 4.69) is 25.1 Å². The van der Waals surface area contributed by atoms with Crippen LogP contribution >= 0.6 is 0 Å². The number of nitrogens with zero attached hydrogens (tertiary/aromatic N) is 4. The lowest BCUT2D eigenvalue weighted by molar-refractivity contribution is 0.610. The molecule has 0 unspecified atom stereocenters. The number of benzene rings is 1. The minimum absolute atomic E-state index is 0.273. The predicted octanol–water partition coefficient (Wildman–Crippen LogP) is 3.30. The maximum Gasteiger partial charge on any atom is 0.152 e. The number of nitrogens with one attached hydrogen (secondary N) is 1. The molecular weight excluding hydrogens is 293 g/mol. The minimum atomic E-state index is -0.273. The first-order valence-electron chi connectivity index (χ1n) is 8.00. The van der Waals surface area contributed by atoms with Gasteiger partial charge in [-0.15, -0.1) is 10.2 Å². The summed E-state index contributed by atoms with van der Waals surface area (Å²) in [7, 11) is 0. The number of rotatable bonds is 3. The van der Waals surface area contributed by atoms with Gasteiger partial charge in [-0.2, -0.15) is 0 Å². The molecule has 1 N–H and O–H groups in total. The fourth-order valence-corrected chi connectivity index (χ4v) is 3.13. The second kappa shape index (κ2) is 5.95. The van der Waals surface area contributed by atoms with Gasteiger partial charge in [0.2, 0.25) is 0 Å². The summed E-state index contributed by atoms with van der Waals surface area (Å²) in [5.41, 5.74) is 1.58. The Morgan fingerprint density at radius 2 is 2.09 bits per heavy atom. The van der Waals surface area contributed by atoms with E-state index in [0.29, 0.717) is 12.1 Å². The highest BCUT2D eigenvalue weighted by molar-refractivity contribution is 5.90. The summed E-state index contributed by atoms with van der Waals surface area (Å²) in [6, 6.07) is 6.56. The van der Waals surface area contributed by atoms with E-state index in [0.717, 1.165) is 35.7 Å². The van der Waals surface area contributed by atoms with Gasteiger partial charge in [-0.05, 0) is 31.0 Å². The first kappa shape index (κ1) is 14.1. The van der Waals surface area contributed by atoms with Crippen molar-refractivity contribution >= 4 is 16.6 Å². The average molecular weight is 311 g/mol. The number of halogens is 1. The minimum Gasteiger partial charge on any atom is -0.377 e. The number of hydrogen-bond donors (Lipinski definition) is 1. The number of aromatic nitrogens is 4. The van der Waals surface area contributed by atoms with Crippen LogP contribution in [0.25, 0.3) is 10.9 Å². The third-order valence-corrected chi connectivity index (χ3v) is 4.33. The van der Waals surface area contributed by atoms with Gasteiger partial charge in [0, 0.05) is 36.3 Å². The zero-order valence-corrected chi connectivity index (χ0v) is 12.8. The van der Waals surface area contributed by atoms with Gasteiger partial charge in [0.15, 0.2) is 5.82 Å². The molecule has 0 atom stereocenters. The van der Waals surface area contributed by atoms with Crippen LogP contribution in [0.3, 0.4) is 0 Å². The highest BCUT2D eigenvalue weighted by Gasteiger charge is 2.14. The van der Waals surface area contributed by atoms with E-state index in [1.807, 2.05) is 6.07 Å². The largest absolute Gasteiger partial charge is 0.377 e. The molecule has 1 aromatic carbocycles. The summed E-state index contributed by atoms with van der Waals surface area (Å²) in [4.78, 5) is 4.22. The van der Waals surface area contributed by atoms with Crippen LogP contribution < -0.4 is 5.32 Å². The quantitative estimate of drug-likeness (QED) is 0.806. The molecule has 0 spiro atoms. The summed E-state index contributed by atoms with van der Waals surface area (Å²) >= 11 is 0. The van der Waals surface area contributed by atoms with E-state index in [1.165, 1.54) is 31.4 Å². The third kappa shape index (κ3) is 2.76. The van der Waals surface area contributed by atoms with Crippen molar-refractivity contribution in [3.8, 4) is 0 Å². The van der Waals surface area contributed by atoms with Gasteiger partial charge < -0.3 is 9.88 Å². The summed E-state index contributed by atoms with van der Waals surface area (Å²) in [6.45, 7) is 1.59. The van der Waals surface area contributed by atoms with E-state index in [-0.39, 0.29) is 5.82 Å². The normalized spacial score (nSPS) is 14.5. The van der Waals surface area contributed by atoms with Crippen LogP contribution in [0.15, 0.2) is 30.5 Å². The fourth-order valence-electron chi connectivity index (χ4n) is 3.13. The van der Waals surface area contributed by atoms with Crippen LogP contribution in [0.2, 0.25) is 0 Å². The van der Waals surface area contributed by atoms with Gasteiger partial charge in [-0.3, -0.25) is 4.98 Å². The second-order valence-electron chi connectivity index (χ2n) is 5.87. The Morgan fingerprint density at radius 3 is 3.04 bits per heavy atom. The Kier molecular flexibility index (Phi) is 3.65. The molecule has 1 aliphatic rings. The highest BCUT2D eigenvalue weighted by Crippen LogP contribution is 2.23. The van der Waals surface area contributed by atoms with Crippen molar-refractivity contribution in [2.24, 2.45) is 0 Å². The van der Waals surface area contributed by atoms with Gasteiger partial charge in [0.1, 0.15) is 11.6 Å². The monoisotopic (exact) mass is 311 g/mol. The molecule has 0 bridgehead atoms. The van der Waals surface area contributed by atoms with Crippen molar-refractivity contribution < 1.29 is 4.39 Å². The predicted molar refractivity (Wildman–Crippen MR) is 86.6 cm³/mol. The molecule has 3 aromatic rings. The van der Waals surface area contributed by atoms with Crippen molar-refractivity contribution in [3.05, 3.63) is 47.9 Å². The number of hydrogen-bond acceptors (Lipinski definition) is 4. The molecule has 0 saturated heterocycles. The van der Waals surface area contributed by atoms with Crippen molar-refractivity contribution in [2.45, 2.75) is 38.8 Å². The Labute approximate surface area is 133 Å². The summed E-state index contributed by atoms with van der Waals surface area (Å²) in [5, 5.41) is 12.9. The molecule has 3 heterocycles. The van der Waals surface area contributed by atoms with E-state index in [1.54, 1.807) is 12.3 Å². The van der Waals surface area contributed by atoms with Crippen LogP contribution in [0.5, 0.6) is 0 Å². The first-order chi connectivity index (χ1) is 11.3. The van der Waals surface area contributed by atoms with Crippen LogP contribution in [0, 0.1) is 5.82 Å². The van der Waals surface area contributed by atoms with Crippen LogP contribution in [0.4, 0.5) is 10.1 Å². The average Bonchev–Trinajstić information content (AvgIpc) is 2.79. The SMILES string of the molecule is Fc1ccc2c(NCc3nnc4n3CCCCC4)ccnc2c1. The molecule has 6 heteroatoms. The lowest BCUT2D eigenvalue weighted by atomic mass is 10.2. The lowest BCUT2D eigenvalue weighted by Crippen LogP contribution is -2.10. The Balaban J connectivity index is 1.59. The standard InChI is InChI=1S/C17H18FN5/c18-12-5-6-13-14(7-8-19-15(13)10-12)20-11-17-22-21-16-4-2-1-3-9-23(16)17/h5-8,10H,1-4,9,11H2,(H,19,20). The first-order valence-corrected chi connectivity index (χ1v) is 8.00. The number of aryl methyl sites for hydroxylation is 1. The molecule has 1 aliphatic heterocycles. The summed E-state index contributed by atoms with van der Waals surface area (Å²) < 4.78 is 15.5. The Morgan fingerprint density at radius 1 is 1.13 bits per heavy atom. The van der Waals surface area contributed by atoms with Gasteiger partial charge in [0.05, 0.1) is 12.1 Å². The van der Waals surface area contributed by atoms with Gasteiger partial charge in [0.25, 0.3) is 0 Å². The Bertz CT molecular complexity index is 842. The molecule has 2 aromatic heterocycles. The molecule has 23 heavy (non-hydrogen) atoms. The summed E-state index contributed by atoms with van der Waals surface area (Å²) in [5.74, 6) is 1.76. The van der Waals surface area contributed by atoms with Crippen molar-refractivity contribution in [1.29, 1.82) is 0 Å². The zero-order chi connectivity index (χ0) is 15.6. The van der Waals surface area contributed by atoms with Crippen molar-refractivity contribution in [3.63, 3.8) is 0 Å². The number of anilines is 1. The smallest absolute Gasteiger partial charge is 0.152 e. The maximum atomic E-state index is 13.3. The molecule has 0 aliphatic carbocycles. The van der Waals surface area contributed by atoms with Gasteiger partial charge >= 0.3 is 0 Å². The lowest BCUT2D eigenvalue weighted by Gasteiger charge is -2.11. The zero-order valence-electron chi connectivity index (χ0n) is 12.8. The molecule has 118 valence electrons. The summed E-state index contributed by atoms with van der Waals surface area (Å²) in [6.07, 6.45) is 6.30. The van der Waals surface area contributed by atoms with Crippen LogP contribution in [-0.2, 0) is 19.5 Å². The molecule has 5 nitrogen and oxygen atoms in total. The number of fused-ring (bicyclic) bond motifs is 2. The fraction of sp³-hybridized carbons (Fsp3) is 0.353. The molecule has 0 radical (unpaired) electrons. The van der Waals surface area contributed by atoms with Crippen molar-refractivity contribution in [2.75, 3.05) is 5.32 Å². The Hall–Kier alpha value is -2.50. The molecular formula is C17H18FN5. The van der Waals surface area contributed by atoms with Gasteiger partial charge in [-0.25, -0.2) is 4.39 Å². The van der Waals surface area contributed by atoms with Crippen molar-refractivity contribution in [1.82, 2.24) is 19.7 Å². The maximum absolute atomic E-state index is 13.3. The molecule has 0 saturated carbocycles. The molecule has 0 amide bonds. The van der Waals surface area contributed by atoms with Gasteiger partial charge in [-0.1, -0.05) is 6.42 Å². The van der Waals surface area contributed by atoms with Crippen LogP contribution in [-0.4, -0.2) is 19.7 Å². The van der Waals surface area contributed by atoms with Crippen LogP contribution in [0.1, 0.15) is 30.9 Å². The number of pyridine rings is 1.